The molecular weight excluding hydrogens is 306 g/mol. The molecule has 0 bridgehead atoms. The maximum Gasteiger partial charge on any atom is 0.323 e. The van der Waals surface area contributed by atoms with Gasteiger partial charge in [0.15, 0.2) is 6.61 Å². The van der Waals surface area contributed by atoms with E-state index in [1.54, 1.807) is 0 Å². The predicted octanol–water partition coefficient (Wildman–Crippen LogP) is 2.74. The summed E-state index contributed by atoms with van der Waals surface area (Å²) in [6.45, 7) is 1.71. The lowest BCUT2D eigenvalue weighted by atomic mass is 10.1. The lowest BCUT2D eigenvalue weighted by Crippen LogP contribution is -2.38. The van der Waals surface area contributed by atoms with Crippen LogP contribution in [0.15, 0.2) is 54.6 Å². The topological polar surface area (TPSA) is 66.8 Å². The van der Waals surface area contributed by atoms with Crippen LogP contribution >= 0.6 is 0 Å². The van der Waals surface area contributed by atoms with Gasteiger partial charge in [0.1, 0.15) is 12.3 Å². The summed E-state index contributed by atoms with van der Waals surface area (Å²) in [6, 6.07) is 16.8. The molecule has 0 fully saturated rings. The van der Waals surface area contributed by atoms with Crippen molar-refractivity contribution in [1.82, 2.24) is 4.90 Å². The largest absolute Gasteiger partial charge is 0.483 e. The first-order valence-electron chi connectivity index (χ1n) is 7.84. The second-order valence-electron chi connectivity index (χ2n) is 5.38. The highest BCUT2D eigenvalue weighted by atomic mass is 16.5. The van der Waals surface area contributed by atoms with Crippen molar-refractivity contribution in [2.75, 3.05) is 13.2 Å². The van der Waals surface area contributed by atoms with E-state index in [0.717, 1.165) is 17.5 Å². The van der Waals surface area contributed by atoms with Crippen molar-refractivity contribution in [2.24, 2.45) is 0 Å². The molecule has 0 aromatic heterocycles. The Morgan fingerprint density at radius 2 is 1.71 bits per heavy atom. The summed E-state index contributed by atoms with van der Waals surface area (Å²) < 4.78 is 5.61. The van der Waals surface area contributed by atoms with Crippen LogP contribution in [0, 0.1) is 0 Å². The first-order chi connectivity index (χ1) is 11.6. The second kappa shape index (κ2) is 8.72. The molecule has 2 aromatic rings. The number of aliphatic carboxylic acids is 1. The molecule has 5 nitrogen and oxygen atoms in total. The van der Waals surface area contributed by atoms with E-state index >= 15 is 0 Å². The van der Waals surface area contributed by atoms with Crippen LogP contribution in [0.4, 0.5) is 0 Å². The number of hydrogen-bond acceptors (Lipinski definition) is 3. The van der Waals surface area contributed by atoms with Gasteiger partial charge in [0, 0.05) is 6.54 Å². The second-order valence-corrected chi connectivity index (χ2v) is 5.38. The number of carboxylic acids is 1. The van der Waals surface area contributed by atoms with Gasteiger partial charge in [-0.25, -0.2) is 0 Å². The third-order valence-electron chi connectivity index (χ3n) is 3.60. The number of nitrogens with zero attached hydrogens (tertiary/aromatic N) is 1. The minimum Gasteiger partial charge on any atom is -0.483 e. The van der Waals surface area contributed by atoms with Gasteiger partial charge in [-0.05, 0) is 23.6 Å². The van der Waals surface area contributed by atoms with Gasteiger partial charge in [-0.15, -0.1) is 0 Å². The van der Waals surface area contributed by atoms with Gasteiger partial charge in [0.25, 0.3) is 5.91 Å². The van der Waals surface area contributed by atoms with Crippen LogP contribution in [-0.4, -0.2) is 35.0 Å². The van der Waals surface area contributed by atoms with Crippen LogP contribution in [0.3, 0.4) is 0 Å². The highest BCUT2D eigenvalue weighted by Crippen LogP contribution is 2.18. The molecule has 0 atom stereocenters. The van der Waals surface area contributed by atoms with Gasteiger partial charge in [0.2, 0.25) is 0 Å². The Morgan fingerprint density at radius 3 is 2.38 bits per heavy atom. The molecule has 5 heteroatoms. The van der Waals surface area contributed by atoms with Crippen molar-refractivity contribution in [1.29, 1.82) is 0 Å². The van der Waals surface area contributed by atoms with E-state index in [0.29, 0.717) is 5.75 Å². The van der Waals surface area contributed by atoms with E-state index in [9.17, 15) is 9.59 Å². The number of aryl methyl sites for hydroxylation is 1. The zero-order valence-electron chi connectivity index (χ0n) is 13.6. The summed E-state index contributed by atoms with van der Waals surface area (Å²) in [6.07, 6.45) is 0.799. The monoisotopic (exact) mass is 327 g/mol. The predicted molar refractivity (Wildman–Crippen MR) is 90.8 cm³/mol. The van der Waals surface area contributed by atoms with Gasteiger partial charge in [0.05, 0.1) is 0 Å². The third-order valence-corrected chi connectivity index (χ3v) is 3.60. The van der Waals surface area contributed by atoms with Crippen molar-refractivity contribution < 1.29 is 19.4 Å². The molecule has 0 radical (unpaired) electrons. The fourth-order valence-corrected chi connectivity index (χ4v) is 2.37. The molecule has 0 saturated heterocycles. The summed E-state index contributed by atoms with van der Waals surface area (Å²) in [5.74, 6) is -0.747. The van der Waals surface area contributed by atoms with Gasteiger partial charge >= 0.3 is 5.97 Å². The fraction of sp³-hybridized carbons (Fsp3) is 0.263. The number of amides is 1. The summed E-state index contributed by atoms with van der Waals surface area (Å²) in [5.41, 5.74) is 1.89. The molecule has 1 N–H and O–H groups in total. The number of hydrogen-bond donors (Lipinski definition) is 1. The Kier molecular flexibility index (Phi) is 6.37. The molecule has 1 amide bonds. The smallest absolute Gasteiger partial charge is 0.323 e. The molecule has 0 aliphatic rings. The lowest BCUT2D eigenvalue weighted by molar-refractivity contribution is -0.145. The van der Waals surface area contributed by atoms with E-state index in [-0.39, 0.29) is 25.6 Å². The first kappa shape index (κ1) is 17.5. The van der Waals surface area contributed by atoms with Crippen LogP contribution < -0.4 is 4.74 Å². The minimum atomic E-state index is -1.05. The fourth-order valence-electron chi connectivity index (χ4n) is 2.37. The molecule has 0 aliphatic carbocycles. The molecular formula is C19H21NO4. The van der Waals surface area contributed by atoms with E-state index < -0.39 is 5.97 Å². The van der Waals surface area contributed by atoms with Gasteiger partial charge in [-0.3, -0.25) is 9.59 Å². The van der Waals surface area contributed by atoms with Crippen molar-refractivity contribution in [3.63, 3.8) is 0 Å². The van der Waals surface area contributed by atoms with Crippen LogP contribution in [0.25, 0.3) is 0 Å². The molecule has 0 unspecified atom stereocenters. The van der Waals surface area contributed by atoms with Crippen molar-refractivity contribution >= 4 is 11.9 Å². The van der Waals surface area contributed by atoms with Crippen molar-refractivity contribution in [3.8, 4) is 5.75 Å². The molecule has 0 saturated carbocycles. The normalized spacial score (nSPS) is 10.2. The highest BCUT2D eigenvalue weighted by Gasteiger charge is 2.18. The zero-order valence-corrected chi connectivity index (χ0v) is 13.6. The lowest BCUT2D eigenvalue weighted by Gasteiger charge is -2.21. The average molecular weight is 327 g/mol. The summed E-state index contributed by atoms with van der Waals surface area (Å²) in [4.78, 5) is 24.7. The highest BCUT2D eigenvalue weighted by molar-refractivity contribution is 5.82. The number of carboxylic acid groups (broad SMARTS) is 1. The minimum absolute atomic E-state index is 0.183. The summed E-state index contributed by atoms with van der Waals surface area (Å²) in [5, 5.41) is 9.04. The Labute approximate surface area is 141 Å². The van der Waals surface area contributed by atoms with Gasteiger partial charge in [-0.2, -0.15) is 0 Å². The van der Waals surface area contributed by atoms with E-state index in [4.69, 9.17) is 9.84 Å². The SMILES string of the molecule is CCc1ccccc1OCC(=O)N(CC(=O)O)Cc1ccccc1. The molecule has 126 valence electrons. The molecule has 0 aliphatic heterocycles. The van der Waals surface area contributed by atoms with E-state index in [1.165, 1.54) is 4.90 Å². The standard InChI is InChI=1S/C19H21NO4/c1-2-16-10-6-7-11-17(16)24-14-18(21)20(13-19(22)23)12-15-8-4-3-5-9-15/h3-11H,2,12-14H2,1H3,(H,22,23). The number of ether oxygens (including phenoxy) is 1. The van der Waals surface area contributed by atoms with Crippen LogP contribution in [0.1, 0.15) is 18.1 Å². The van der Waals surface area contributed by atoms with Gasteiger partial charge in [-0.1, -0.05) is 55.5 Å². The molecule has 2 aromatic carbocycles. The van der Waals surface area contributed by atoms with Crippen LogP contribution in [0.5, 0.6) is 5.75 Å². The molecule has 24 heavy (non-hydrogen) atoms. The first-order valence-corrected chi connectivity index (χ1v) is 7.84. The number of benzene rings is 2. The molecule has 0 heterocycles. The zero-order chi connectivity index (χ0) is 17.4. The summed E-state index contributed by atoms with van der Waals surface area (Å²) in [7, 11) is 0. The summed E-state index contributed by atoms with van der Waals surface area (Å²) >= 11 is 0. The number of para-hydroxylation sites is 1. The average Bonchev–Trinajstić information content (AvgIpc) is 2.60. The third kappa shape index (κ3) is 5.12. The number of carbonyl (C=O) groups excluding carboxylic acids is 1. The number of rotatable bonds is 8. The Bertz CT molecular complexity index is 685. The molecule has 2 rings (SSSR count). The van der Waals surface area contributed by atoms with Crippen molar-refractivity contribution in [3.05, 3.63) is 65.7 Å². The Hall–Kier alpha value is -2.82. The van der Waals surface area contributed by atoms with Crippen molar-refractivity contribution in [2.45, 2.75) is 19.9 Å². The van der Waals surface area contributed by atoms with E-state index in [2.05, 4.69) is 0 Å². The van der Waals surface area contributed by atoms with Crippen LogP contribution in [-0.2, 0) is 22.6 Å². The Balaban J connectivity index is 2.03. The quantitative estimate of drug-likeness (QED) is 0.809. The van der Waals surface area contributed by atoms with E-state index in [1.807, 2.05) is 61.5 Å². The van der Waals surface area contributed by atoms with Crippen LogP contribution in [0.2, 0.25) is 0 Å². The Morgan fingerprint density at radius 1 is 1.04 bits per heavy atom. The maximum absolute atomic E-state index is 12.4. The maximum atomic E-state index is 12.4. The molecule has 0 spiro atoms. The van der Waals surface area contributed by atoms with Gasteiger partial charge < -0.3 is 14.7 Å². The number of carbonyl (C=O) groups is 2.